The third kappa shape index (κ3) is 9.61. The van der Waals surface area contributed by atoms with Gasteiger partial charge in [-0.1, -0.05) is 0 Å². The molecule has 1 atom stereocenters. The predicted molar refractivity (Wildman–Crippen MR) is 57.4 cm³/mol. The molecule has 1 amide bonds. The molecule has 0 saturated heterocycles. The normalized spacial score (nSPS) is 12.7. The second-order valence-corrected chi connectivity index (χ2v) is 3.17. The fourth-order valence-corrected chi connectivity index (χ4v) is 0.902. The van der Waals surface area contributed by atoms with Gasteiger partial charge in [0.15, 0.2) is 0 Å². The second-order valence-electron chi connectivity index (χ2n) is 3.17. The van der Waals surface area contributed by atoms with Gasteiger partial charge in [0.1, 0.15) is 0 Å². The maximum Gasteiger partial charge on any atom is 0.235 e. The number of carbonyl (C=O) groups is 1. The maximum atomic E-state index is 10.6. The zero-order valence-corrected chi connectivity index (χ0v) is 9.20. The summed E-state index contributed by atoms with van der Waals surface area (Å²) in [7, 11) is 1.64. The van der Waals surface area contributed by atoms with Crippen molar-refractivity contribution in [2.45, 2.75) is 12.5 Å². The molecule has 0 aromatic heterocycles. The summed E-state index contributed by atoms with van der Waals surface area (Å²) in [5, 5.41) is 3.02. The van der Waals surface area contributed by atoms with Gasteiger partial charge in [0.05, 0.1) is 19.3 Å². The summed E-state index contributed by atoms with van der Waals surface area (Å²) in [5.41, 5.74) is 10.4. The fraction of sp³-hybridized carbons (Fsp3) is 0.889. The van der Waals surface area contributed by atoms with Crippen molar-refractivity contribution in [3.05, 3.63) is 0 Å². The van der Waals surface area contributed by atoms with E-state index >= 15 is 0 Å². The molecule has 0 spiro atoms. The van der Waals surface area contributed by atoms with E-state index in [0.717, 1.165) is 13.0 Å². The molecule has 0 aliphatic carbocycles. The molecule has 0 aliphatic heterocycles. The van der Waals surface area contributed by atoms with E-state index in [-0.39, 0.29) is 0 Å². The SMILES string of the molecule is COCCOCCCNCC(N)C(N)=O. The molecule has 0 rings (SSSR count). The highest BCUT2D eigenvalue weighted by molar-refractivity contribution is 5.79. The molecule has 0 fully saturated rings. The fourth-order valence-electron chi connectivity index (χ4n) is 0.902. The summed E-state index contributed by atoms with van der Waals surface area (Å²) < 4.78 is 10.1. The first kappa shape index (κ1) is 14.3. The van der Waals surface area contributed by atoms with E-state index in [4.69, 9.17) is 20.9 Å². The number of primary amides is 1. The summed E-state index contributed by atoms with van der Waals surface area (Å²) in [6.45, 7) is 3.06. The number of nitrogens with two attached hydrogens (primary N) is 2. The Kier molecular flexibility index (Phi) is 9.40. The molecule has 0 aromatic carbocycles. The van der Waals surface area contributed by atoms with E-state index in [1.54, 1.807) is 7.11 Å². The largest absolute Gasteiger partial charge is 0.382 e. The lowest BCUT2D eigenvalue weighted by Crippen LogP contribution is -2.44. The summed E-state index contributed by atoms with van der Waals surface area (Å²) in [6, 6.07) is -0.612. The highest BCUT2D eigenvalue weighted by atomic mass is 16.5. The Balaban J connectivity index is 3.08. The molecule has 0 aromatic rings. The molecule has 0 bridgehead atoms. The Bertz CT molecular complexity index is 167. The molecule has 6 heteroatoms. The minimum absolute atomic E-state index is 0.410. The minimum Gasteiger partial charge on any atom is -0.382 e. The van der Waals surface area contributed by atoms with Crippen LogP contribution in [0.25, 0.3) is 0 Å². The van der Waals surface area contributed by atoms with Gasteiger partial charge in [-0.25, -0.2) is 0 Å². The highest BCUT2D eigenvalue weighted by Crippen LogP contribution is 1.82. The standard InChI is InChI=1S/C9H21N3O3/c1-14-5-6-15-4-2-3-12-7-8(10)9(11)13/h8,12H,2-7,10H2,1H3,(H2,11,13). The Morgan fingerprint density at radius 3 is 2.73 bits per heavy atom. The maximum absolute atomic E-state index is 10.6. The van der Waals surface area contributed by atoms with Crippen LogP contribution in [0.3, 0.4) is 0 Å². The molecule has 15 heavy (non-hydrogen) atoms. The van der Waals surface area contributed by atoms with Crippen LogP contribution in [0.5, 0.6) is 0 Å². The number of hydrogen-bond acceptors (Lipinski definition) is 5. The molecule has 0 heterocycles. The zero-order chi connectivity index (χ0) is 11.5. The van der Waals surface area contributed by atoms with Crippen molar-refractivity contribution < 1.29 is 14.3 Å². The van der Waals surface area contributed by atoms with Gasteiger partial charge in [0.2, 0.25) is 5.91 Å². The Morgan fingerprint density at radius 2 is 2.13 bits per heavy atom. The lowest BCUT2D eigenvalue weighted by molar-refractivity contribution is -0.119. The predicted octanol–water partition coefficient (Wildman–Crippen LogP) is -1.56. The molecule has 0 radical (unpaired) electrons. The van der Waals surface area contributed by atoms with Crippen molar-refractivity contribution in [2.75, 3.05) is 40.0 Å². The quantitative estimate of drug-likeness (QED) is 0.386. The van der Waals surface area contributed by atoms with Crippen LogP contribution in [0.15, 0.2) is 0 Å². The second kappa shape index (κ2) is 9.85. The average molecular weight is 219 g/mol. The van der Waals surface area contributed by atoms with Crippen LogP contribution in [-0.2, 0) is 14.3 Å². The van der Waals surface area contributed by atoms with E-state index in [2.05, 4.69) is 5.32 Å². The number of ether oxygens (including phenoxy) is 2. The van der Waals surface area contributed by atoms with Gasteiger partial charge in [-0.05, 0) is 13.0 Å². The van der Waals surface area contributed by atoms with Crippen molar-refractivity contribution in [2.24, 2.45) is 11.5 Å². The minimum atomic E-state index is -0.612. The molecule has 6 nitrogen and oxygen atoms in total. The number of nitrogens with one attached hydrogen (secondary N) is 1. The Labute approximate surface area is 90.3 Å². The van der Waals surface area contributed by atoms with Gasteiger partial charge in [-0.2, -0.15) is 0 Å². The zero-order valence-electron chi connectivity index (χ0n) is 9.20. The van der Waals surface area contributed by atoms with Crippen LogP contribution in [0.1, 0.15) is 6.42 Å². The molecule has 90 valence electrons. The molecule has 0 saturated carbocycles. The first-order valence-electron chi connectivity index (χ1n) is 5.00. The van der Waals surface area contributed by atoms with Crippen molar-refractivity contribution in [1.82, 2.24) is 5.32 Å². The van der Waals surface area contributed by atoms with Crippen LogP contribution in [0.2, 0.25) is 0 Å². The number of rotatable bonds is 10. The topological polar surface area (TPSA) is 99.6 Å². The van der Waals surface area contributed by atoms with E-state index in [0.29, 0.717) is 26.4 Å². The molecular weight excluding hydrogens is 198 g/mol. The van der Waals surface area contributed by atoms with Gasteiger partial charge < -0.3 is 26.3 Å². The average Bonchev–Trinajstić information content (AvgIpc) is 2.21. The monoisotopic (exact) mass is 219 g/mol. The molecular formula is C9H21N3O3. The summed E-state index contributed by atoms with van der Waals surface area (Å²) in [6.07, 6.45) is 0.870. The lowest BCUT2D eigenvalue weighted by Gasteiger charge is -2.09. The van der Waals surface area contributed by atoms with Gasteiger partial charge >= 0.3 is 0 Å². The van der Waals surface area contributed by atoms with Crippen molar-refractivity contribution in [3.63, 3.8) is 0 Å². The van der Waals surface area contributed by atoms with Crippen LogP contribution < -0.4 is 16.8 Å². The van der Waals surface area contributed by atoms with Gasteiger partial charge in [-0.3, -0.25) is 4.79 Å². The number of amides is 1. The Morgan fingerprint density at radius 1 is 1.40 bits per heavy atom. The molecule has 5 N–H and O–H groups in total. The summed E-state index contributed by atoms with van der Waals surface area (Å²) in [5.74, 6) is -0.487. The smallest absolute Gasteiger partial charge is 0.235 e. The third-order valence-electron chi connectivity index (χ3n) is 1.80. The van der Waals surface area contributed by atoms with E-state index in [1.165, 1.54) is 0 Å². The summed E-state index contributed by atoms with van der Waals surface area (Å²) in [4.78, 5) is 10.6. The Hall–Kier alpha value is -0.690. The molecule has 0 aliphatic rings. The highest BCUT2D eigenvalue weighted by Gasteiger charge is 2.06. The first-order chi connectivity index (χ1) is 7.18. The number of hydrogen-bond donors (Lipinski definition) is 3. The van der Waals surface area contributed by atoms with Gasteiger partial charge in [-0.15, -0.1) is 0 Å². The van der Waals surface area contributed by atoms with Crippen LogP contribution in [0, 0.1) is 0 Å². The third-order valence-corrected chi connectivity index (χ3v) is 1.80. The first-order valence-corrected chi connectivity index (χ1v) is 5.00. The van der Waals surface area contributed by atoms with Gasteiger partial charge in [0.25, 0.3) is 0 Å². The summed E-state index contributed by atoms with van der Waals surface area (Å²) >= 11 is 0. The number of carbonyl (C=O) groups excluding carboxylic acids is 1. The van der Waals surface area contributed by atoms with Crippen molar-refractivity contribution in [3.8, 4) is 0 Å². The van der Waals surface area contributed by atoms with E-state index in [1.807, 2.05) is 0 Å². The van der Waals surface area contributed by atoms with Gasteiger partial charge in [0, 0.05) is 20.3 Å². The van der Waals surface area contributed by atoms with Crippen LogP contribution in [0.4, 0.5) is 0 Å². The number of methoxy groups -OCH3 is 1. The van der Waals surface area contributed by atoms with Crippen molar-refractivity contribution in [1.29, 1.82) is 0 Å². The van der Waals surface area contributed by atoms with Crippen LogP contribution >= 0.6 is 0 Å². The van der Waals surface area contributed by atoms with E-state index in [9.17, 15) is 4.79 Å². The van der Waals surface area contributed by atoms with E-state index < -0.39 is 11.9 Å². The molecule has 1 unspecified atom stereocenters. The van der Waals surface area contributed by atoms with Crippen LogP contribution in [-0.4, -0.2) is 52.0 Å². The van der Waals surface area contributed by atoms with Crippen molar-refractivity contribution >= 4 is 5.91 Å². The lowest BCUT2D eigenvalue weighted by atomic mass is 10.3.